The van der Waals surface area contributed by atoms with Crippen molar-refractivity contribution in [3.8, 4) is 17.1 Å². The molecular formula is C25H25ClN2O. The Bertz CT molecular complexity index is 1130. The molecule has 0 radical (unpaired) electrons. The summed E-state index contributed by atoms with van der Waals surface area (Å²) in [5, 5.41) is 0.771. The largest absolute Gasteiger partial charge is 0.494 e. The average Bonchev–Trinajstić information content (AvgIpc) is 3.09. The molecule has 0 fully saturated rings. The van der Waals surface area contributed by atoms with Gasteiger partial charge in [0, 0.05) is 17.1 Å². The maximum absolute atomic E-state index is 6.08. The van der Waals surface area contributed by atoms with Gasteiger partial charge < -0.3 is 9.30 Å². The van der Waals surface area contributed by atoms with Crippen LogP contribution >= 0.6 is 11.6 Å². The van der Waals surface area contributed by atoms with E-state index in [1.54, 1.807) is 0 Å². The summed E-state index contributed by atoms with van der Waals surface area (Å²) in [5.74, 6) is 1.92. The number of imidazole rings is 1. The van der Waals surface area contributed by atoms with Crippen molar-refractivity contribution in [1.82, 2.24) is 9.55 Å². The molecule has 29 heavy (non-hydrogen) atoms. The first-order chi connectivity index (χ1) is 14.1. The topological polar surface area (TPSA) is 27.1 Å². The smallest absolute Gasteiger partial charge is 0.141 e. The fraction of sp³-hybridized carbons (Fsp3) is 0.240. The van der Waals surface area contributed by atoms with Gasteiger partial charge in [0.1, 0.15) is 11.6 Å². The second kappa shape index (κ2) is 8.71. The highest BCUT2D eigenvalue weighted by molar-refractivity contribution is 6.31. The minimum atomic E-state index is 0.688. The highest BCUT2D eigenvalue weighted by atomic mass is 35.5. The van der Waals surface area contributed by atoms with E-state index >= 15 is 0 Å². The second-order valence-electron chi connectivity index (χ2n) is 7.36. The van der Waals surface area contributed by atoms with Gasteiger partial charge in [-0.2, -0.15) is 0 Å². The molecule has 0 aliphatic rings. The van der Waals surface area contributed by atoms with E-state index in [-0.39, 0.29) is 0 Å². The Balaban J connectivity index is 1.47. The van der Waals surface area contributed by atoms with Gasteiger partial charge in [0.2, 0.25) is 0 Å². The highest BCUT2D eigenvalue weighted by Crippen LogP contribution is 2.27. The van der Waals surface area contributed by atoms with Crippen LogP contribution in [0.5, 0.6) is 5.75 Å². The maximum atomic E-state index is 6.08. The lowest BCUT2D eigenvalue weighted by Gasteiger charge is -2.12. The van der Waals surface area contributed by atoms with Crippen LogP contribution in [0.15, 0.2) is 66.7 Å². The summed E-state index contributed by atoms with van der Waals surface area (Å²) in [6.45, 7) is 5.73. The van der Waals surface area contributed by atoms with Gasteiger partial charge in [-0.05, 0) is 68.1 Å². The monoisotopic (exact) mass is 404 g/mol. The van der Waals surface area contributed by atoms with Crippen molar-refractivity contribution in [2.75, 3.05) is 6.61 Å². The Morgan fingerprint density at radius 1 is 0.897 bits per heavy atom. The van der Waals surface area contributed by atoms with Crippen LogP contribution in [0.25, 0.3) is 22.4 Å². The third-order valence-corrected chi connectivity index (χ3v) is 5.64. The number of benzene rings is 3. The fourth-order valence-corrected chi connectivity index (χ4v) is 3.72. The number of hydrogen-bond acceptors (Lipinski definition) is 2. The fourth-order valence-electron chi connectivity index (χ4n) is 3.60. The molecule has 1 heterocycles. The molecule has 1 aromatic heterocycles. The Morgan fingerprint density at radius 3 is 2.52 bits per heavy atom. The molecule has 0 bridgehead atoms. The summed E-state index contributed by atoms with van der Waals surface area (Å²) in [4.78, 5) is 4.93. The van der Waals surface area contributed by atoms with Crippen LogP contribution in [0.2, 0.25) is 5.02 Å². The molecule has 4 rings (SSSR count). The number of unbranched alkanes of at least 4 members (excludes halogenated alkanes) is 1. The van der Waals surface area contributed by atoms with Crippen LogP contribution in [0.3, 0.4) is 0 Å². The Hall–Kier alpha value is -2.78. The predicted molar refractivity (Wildman–Crippen MR) is 121 cm³/mol. The second-order valence-corrected chi connectivity index (χ2v) is 7.76. The molecule has 0 N–H and O–H groups in total. The van der Waals surface area contributed by atoms with Crippen molar-refractivity contribution in [2.45, 2.75) is 33.2 Å². The SMILES string of the molecule is Cc1cc(OCCCCn2c(-c3ccccc3C)nc3ccccc32)ccc1Cl. The summed E-state index contributed by atoms with van der Waals surface area (Å²) in [6, 6.07) is 22.6. The van der Waals surface area contributed by atoms with Crippen molar-refractivity contribution in [3.05, 3.63) is 82.9 Å². The predicted octanol–water partition coefficient (Wildman–Crippen LogP) is 6.83. The van der Waals surface area contributed by atoms with E-state index < -0.39 is 0 Å². The molecule has 0 atom stereocenters. The third kappa shape index (κ3) is 4.30. The summed E-state index contributed by atoms with van der Waals surface area (Å²) >= 11 is 6.08. The van der Waals surface area contributed by atoms with Gasteiger partial charge in [0.25, 0.3) is 0 Å². The van der Waals surface area contributed by atoms with E-state index in [1.165, 1.54) is 16.6 Å². The molecule has 148 valence electrons. The first-order valence-corrected chi connectivity index (χ1v) is 10.4. The standard InChI is InChI=1S/C25H25ClN2O/c1-18-9-3-4-10-21(18)25-27-23-11-5-6-12-24(23)28(25)15-7-8-16-29-20-13-14-22(26)19(2)17-20/h3-6,9-14,17H,7-8,15-16H2,1-2H3. The minimum absolute atomic E-state index is 0.688. The van der Waals surface area contributed by atoms with Gasteiger partial charge in [0.05, 0.1) is 17.6 Å². The quantitative estimate of drug-likeness (QED) is 0.315. The minimum Gasteiger partial charge on any atom is -0.494 e. The van der Waals surface area contributed by atoms with Crippen molar-refractivity contribution < 1.29 is 4.74 Å². The third-order valence-electron chi connectivity index (χ3n) is 5.21. The molecular weight excluding hydrogens is 380 g/mol. The summed E-state index contributed by atoms with van der Waals surface area (Å²) < 4.78 is 8.24. The number of halogens is 1. The molecule has 0 aliphatic carbocycles. The van der Waals surface area contributed by atoms with E-state index in [1.807, 2.05) is 31.2 Å². The maximum Gasteiger partial charge on any atom is 0.141 e. The van der Waals surface area contributed by atoms with E-state index in [4.69, 9.17) is 21.3 Å². The summed E-state index contributed by atoms with van der Waals surface area (Å²) in [6.07, 6.45) is 1.99. The summed E-state index contributed by atoms with van der Waals surface area (Å²) in [7, 11) is 0. The van der Waals surface area contributed by atoms with Crippen LogP contribution in [0.1, 0.15) is 24.0 Å². The zero-order valence-electron chi connectivity index (χ0n) is 16.9. The number of hydrogen-bond donors (Lipinski definition) is 0. The Morgan fingerprint density at radius 2 is 1.69 bits per heavy atom. The van der Waals surface area contributed by atoms with E-state index in [0.29, 0.717) is 6.61 Å². The molecule has 0 saturated heterocycles. The van der Waals surface area contributed by atoms with Crippen LogP contribution in [-0.4, -0.2) is 16.2 Å². The molecule has 0 spiro atoms. The number of nitrogens with zero attached hydrogens (tertiary/aromatic N) is 2. The van der Waals surface area contributed by atoms with E-state index in [9.17, 15) is 0 Å². The lowest BCUT2D eigenvalue weighted by Crippen LogP contribution is -2.04. The molecule has 3 aromatic carbocycles. The number of para-hydroxylation sites is 2. The number of ether oxygens (including phenoxy) is 1. The molecule has 4 heteroatoms. The Kier molecular flexibility index (Phi) is 5.86. The van der Waals surface area contributed by atoms with Gasteiger partial charge in [-0.15, -0.1) is 0 Å². The molecule has 3 nitrogen and oxygen atoms in total. The van der Waals surface area contributed by atoms with E-state index in [0.717, 1.165) is 47.1 Å². The van der Waals surface area contributed by atoms with Gasteiger partial charge in [-0.1, -0.05) is 48.0 Å². The van der Waals surface area contributed by atoms with Gasteiger partial charge in [-0.25, -0.2) is 4.98 Å². The van der Waals surface area contributed by atoms with Gasteiger partial charge in [0.15, 0.2) is 0 Å². The van der Waals surface area contributed by atoms with Crippen LogP contribution in [0.4, 0.5) is 0 Å². The molecule has 4 aromatic rings. The van der Waals surface area contributed by atoms with Crippen molar-refractivity contribution >= 4 is 22.6 Å². The van der Waals surface area contributed by atoms with Crippen molar-refractivity contribution in [1.29, 1.82) is 0 Å². The zero-order valence-corrected chi connectivity index (χ0v) is 17.6. The number of rotatable bonds is 7. The highest BCUT2D eigenvalue weighted by Gasteiger charge is 2.13. The molecule has 0 aliphatic heterocycles. The lowest BCUT2D eigenvalue weighted by atomic mass is 10.1. The average molecular weight is 405 g/mol. The molecule has 0 amide bonds. The first-order valence-electron chi connectivity index (χ1n) is 10.0. The number of fused-ring (bicyclic) bond motifs is 1. The van der Waals surface area contributed by atoms with Crippen molar-refractivity contribution in [2.24, 2.45) is 0 Å². The van der Waals surface area contributed by atoms with Crippen LogP contribution in [-0.2, 0) is 6.54 Å². The molecule has 0 unspecified atom stereocenters. The number of aromatic nitrogens is 2. The van der Waals surface area contributed by atoms with Crippen LogP contribution in [0, 0.1) is 13.8 Å². The Labute approximate surface area is 176 Å². The van der Waals surface area contributed by atoms with Crippen LogP contribution < -0.4 is 4.74 Å². The van der Waals surface area contributed by atoms with Gasteiger partial charge in [-0.3, -0.25) is 0 Å². The zero-order chi connectivity index (χ0) is 20.2. The lowest BCUT2D eigenvalue weighted by molar-refractivity contribution is 0.303. The van der Waals surface area contributed by atoms with E-state index in [2.05, 4.69) is 54.0 Å². The first kappa shape index (κ1) is 19.5. The van der Waals surface area contributed by atoms with Crippen molar-refractivity contribution in [3.63, 3.8) is 0 Å². The van der Waals surface area contributed by atoms with Gasteiger partial charge >= 0.3 is 0 Å². The number of aryl methyl sites for hydroxylation is 3. The summed E-state index contributed by atoms with van der Waals surface area (Å²) in [5.41, 5.74) is 5.69. The normalized spacial score (nSPS) is 11.1. The molecule has 0 saturated carbocycles.